The number of piperazine rings is 1. The van der Waals surface area contributed by atoms with Crippen LogP contribution >= 0.6 is 0 Å². The quantitative estimate of drug-likeness (QED) is 0.662. The average Bonchev–Trinajstić information content (AvgIpc) is 3.28. The third-order valence-corrected chi connectivity index (χ3v) is 5.07. The van der Waals surface area contributed by atoms with Crippen molar-refractivity contribution in [1.82, 2.24) is 25.0 Å². The number of aromatic nitrogens is 3. The summed E-state index contributed by atoms with van der Waals surface area (Å²) in [6, 6.07) is 6.95. The fourth-order valence-corrected chi connectivity index (χ4v) is 3.70. The van der Waals surface area contributed by atoms with Gasteiger partial charge in [-0.25, -0.2) is 4.39 Å². The van der Waals surface area contributed by atoms with Crippen LogP contribution in [-0.2, 0) is 19.5 Å². The maximum atomic E-state index is 14.0. The standard InChI is InChI=1S/C18H24FN7/c1-20-18(21-13-17-23-22-16-7-4-8-26(16)17)25-11-9-24(10-12-25)15-6-3-2-5-14(15)19/h2-3,5-6H,4,7-13H2,1H3,(H,20,21). The second kappa shape index (κ2) is 7.31. The molecule has 0 aliphatic carbocycles. The number of rotatable bonds is 3. The summed E-state index contributed by atoms with van der Waals surface area (Å²) in [4.78, 5) is 8.70. The molecule has 1 aromatic heterocycles. The molecule has 138 valence electrons. The van der Waals surface area contributed by atoms with Gasteiger partial charge >= 0.3 is 0 Å². The van der Waals surface area contributed by atoms with E-state index in [1.165, 1.54) is 6.07 Å². The zero-order valence-electron chi connectivity index (χ0n) is 15.0. The number of nitrogens with zero attached hydrogens (tertiary/aromatic N) is 6. The van der Waals surface area contributed by atoms with E-state index in [0.29, 0.717) is 12.2 Å². The zero-order chi connectivity index (χ0) is 17.9. The van der Waals surface area contributed by atoms with Crippen LogP contribution in [0.4, 0.5) is 10.1 Å². The van der Waals surface area contributed by atoms with Crippen LogP contribution in [0.15, 0.2) is 29.3 Å². The van der Waals surface area contributed by atoms with Gasteiger partial charge in [-0.15, -0.1) is 10.2 Å². The van der Waals surface area contributed by atoms with Crippen LogP contribution in [0.3, 0.4) is 0 Å². The molecule has 2 aliphatic rings. The highest BCUT2D eigenvalue weighted by molar-refractivity contribution is 5.80. The number of halogens is 1. The number of aryl methyl sites for hydroxylation is 1. The van der Waals surface area contributed by atoms with Gasteiger partial charge in [-0.3, -0.25) is 4.99 Å². The summed E-state index contributed by atoms with van der Waals surface area (Å²) in [5, 5.41) is 11.9. The van der Waals surface area contributed by atoms with Crippen molar-refractivity contribution < 1.29 is 4.39 Å². The number of hydrogen-bond donors (Lipinski definition) is 1. The van der Waals surface area contributed by atoms with Crippen molar-refractivity contribution in [1.29, 1.82) is 0 Å². The van der Waals surface area contributed by atoms with Gasteiger partial charge in [-0.2, -0.15) is 0 Å². The number of benzene rings is 1. The van der Waals surface area contributed by atoms with Crippen molar-refractivity contribution in [3.8, 4) is 0 Å². The fourth-order valence-electron chi connectivity index (χ4n) is 3.70. The van der Waals surface area contributed by atoms with E-state index in [1.54, 1.807) is 13.1 Å². The van der Waals surface area contributed by atoms with Crippen LogP contribution in [0, 0.1) is 5.82 Å². The van der Waals surface area contributed by atoms with E-state index < -0.39 is 0 Å². The highest BCUT2D eigenvalue weighted by Crippen LogP contribution is 2.20. The summed E-state index contributed by atoms with van der Waals surface area (Å²) in [6.07, 6.45) is 2.16. The lowest BCUT2D eigenvalue weighted by Crippen LogP contribution is -2.52. The third kappa shape index (κ3) is 3.23. The van der Waals surface area contributed by atoms with Gasteiger partial charge in [0.2, 0.25) is 0 Å². The highest BCUT2D eigenvalue weighted by atomic mass is 19.1. The zero-order valence-corrected chi connectivity index (χ0v) is 15.0. The van der Waals surface area contributed by atoms with Crippen LogP contribution in [0.25, 0.3) is 0 Å². The van der Waals surface area contributed by atoms with Crippen molar-refractivity contribution in [2.75, 3.05) is 38.1 Å². The predicted molar refractivity (Wildman–Crippen MR) is 98.7 cm³/mol. The summed E-state index contributed by atoms with van der Waals surface area (Å²) in [7, 11) is 1.79. The molecular weight excluding hydrogens is 333 g/mol. The van der Waals surface area contributed by atoms with Gasteiger partial charge < -0.3 is 19.7 Å². The molecule has 2 aromatic rings. The number of guanidine groups is 1. The Labute approximate surface area is 152 Å². The predicted octanol–water partition coefficient (Wildman–Crippen LogP) is 1.26. The average molecular weight is 357 g/mol. The van der Waals surface area contributed by atoms with Gasteiger partial charge in [0.05, 0.1) is 12.2 Å². The molecule has 1 saturated heterocycles. The van der Waals surface area contributed by atoms with E-state index in [4.69, 9.17) is 0 Å². The minimum Gasteiger partial charge on any atom is -0.366 e. The van der Waals surface area contributed by atoms with Gasteiger partial charge in [-0.05, 0) is 18.6 Å². The Morgan fingerprint density at radius 1 is 1.15 bits per heavy atom. The topological polar surface area (TPSA) is 61.6 Å². The second-order valence-corrected chi connectivity index (χ2v) is 6.61. The van der Waals surface area contributed by atoms with Crippen LogP contribution in [-0.4, -0.2) is 58.9 Å². The summed E-state index contributed by atoms with van der Waals surface area (Å²) in [6.45, 7) is 4.74. The molecular formula is C18H24FN7. The summed E-state index contributed by atoms with van der Waals surface area (Å²) < 4.78 is 16.2. The van der Waals surface area contributed by atoms with Crippen molar-refractivity contribution in [3.05, 3.63) is 41.7 Å². The van der Waals surface area contributed by atoms with Crippen LogP contribution in [0.5, 0.6) is 0 Å². The van der Waals surface area contributed by atoms with E-state index in [2.05, 4.69) is 34.9 Å². The first-order chi connectivity index (χ1) is 12.8. The highest BCUT2D eigenvalue weighted by Gasteiger charge is 2.22. The monoisotopic (exact) mass is 357 g/mol. The third-order valence-electron chi connectivity index (χ3n) is 5.07. The molecule has 1 N–H and O–H groups in total. The molecule has 1 aromatic carbocycles. The molecule has 4 rings (SSSR count). The fraction of sp³-hybridized carbons (Fsp3) is 0.500. The van der Waals surface area contributed by atoms with E-state index in [1.807, 2.05) is 12.1 Å². The van der Waals surface area contributed by atoms with Crippen molar-refractivity contribution >= 4 is 11.6 Å². The Morgan fingerprint density at radius 3 is 2.73 bits per heavy atom. The van der Waals surface area contributed by atoms with Crippen molar-refractivity contribution in [2.45, 2.75) is 25.9 Å². The first-order valence-corrected chi connectivity index (χ1v) is 9.12. The van der Waals surface area contributed by atoms with E-state index >= 15 is 0 Å². The first kappa shape index (κ1) is 16.8. The second-order valence-electron chi connectivity index (χ2n) is 6.61. The lowest BCUT2D eigenvalue weighted by atomic mass is 10.2. The Bertz CT molecular complexity index is 793. The minimum atomic E-state index is -0.163. The molecule has 8 heteroatoms. The minimum absolute atomic E-state index is 0.163. The molecule has 0 spiro atoms. The molecule has 0 unspecified atom stereocenters. The van der Waals surface area contributed by atoms with Crippen molar-refractivity contribution in [2.24, 2.45) is 4.99 Å². The van der Waals surface area contributed by atoms with Gasteiger partial charge in [0.25, 0.3) is 0 Å². The van der Waals surface area contributed by atoms with Crippen LogP contribution in [0.2, 0.25) is 0 Å². The lowest BCUT2D eigenvalue weighted by molar-refractivity contribution is 0.370. The molecule has 0 bridgehead atoms. The van der Waals surface area contributed by atoms with Gasteiger partial charge in [0.15, 0.2) is 11.8 Å². The Balaban J connectivity index is 1.34. The van der Waals surface area contributed by atoms with Crippen LogP contribution in [0.1, 0.15) is 18.1 Å². The number of nitrogens with one attached hydrogen (secondary N) is 1. The Hall–Kier alpha value is -2.64. The molecule has 0 radical (unpaired) electrons. The molecule has 0 saturated carbocycles. The number of para-hydroxylation sites is 1. The maximum Gasteiger partial charge on any atom is 0.194 e. The normalized spacial score (nSPS) is 17.5. The smallest absolute Gasteiger partial charge is 0.194 e. The molecule has 3 heterocycles. The largest absolute Gasteiger partial charge is 0.366 e. The Kier molecular flexibility index (Phi) is 4.73. The van der Waals surface area contributed by atoms with Gasteiger partial charge in [-0.1, -0.05) is 12.1 Å². The first-order valence-electron chi connectivity index (χ1n) is 9.12. The number of aliphatic imine (C=N–C) groups is 1. The molecule has 7 nitrogen and oxygen atoms in total. The number of anilines is 1. The van der Waals surface area contributed by atoms with Crippen molar-refractivity contribution in [3.63, 3.8) is 0 Å². The Morgan fingerprint density at radius 2 is 1.96 bits per heavy atom. The van der Waals surface area contributed by atoms with Crippen LogP contribution < -0.4 is 10.2 Å². The van der Waals surface area contributed by atoms with E-state index in [-0.39, 0.29) is 5.82 Å². The molecule has 0 amide bonds. The van der Waals surface area contributed by atoms with E-state index in [9.17, 15) is 4.39 Å². The SMILES string of the molecule is CN=C(NCc1nnc2n1CCC2)N1CCN(c2ccccc2F)CC1. The molecule has 2 aliphatic heterocycles. The molecule has 26 heavy (non-hydrogen) atoms. The summed E-state index contributed by atoms with van der Waals surface area (Å²) >= 11 is 0. The summed E-state index contributed by atoms with van der Waals surface area (Å²) in [5.74, 6) is 2.73. The van der Waals surface area contributed by atoms with Gasteiger partial charge in [0, 0.05) is 46.2 Å². The van der Waals surface area contributed by atoms with E-state index in [0.717, 1.165) is 63.2 Å². The summed E-state index contributed by atoms with van der Waals surface area (Å²) in [5.41, 5.74) is 0.675. The number of hydrogen-bond acceptors (Lipinski definition) is 4. The molecule has 1 fully saturated rings. The maximum absolute atomic E-state index is 14.0. The molecule has 0 atom stereocenters. The van der Waals surface area contributed by atoms with Gasteiger partial charge in [0.1, 0.15) is 11.6 Å². The number of fused-ring (bicyclic) bond motifs is 1. The lowest BCUT2D eigenvalue weighted by Gasteiger charge is -2.37.